The van der Waals surface area contributed by atoms with E-state index < -0.39 is 36.0 Å². The number of allylic oxidation sites excluding steroid dienone is 2. The Hall–Kier alpha value is -3.15. The molecule has 2 N–H and O–H groups in total. The minimum Gasteiger partial charge on any atom is -0.457 e. The number of carbonyl (C=O) groups excluding carboxylic acids is 3. The Morgan fingerprint density at radius 2 is 1.69 bits per heavy atom. The van der Waals surface area contributed by atoms with Gasteiger partial charge in [0.1, 0.15) is 11.7 Å². The standard InChI is InChI=1S/C38H59N3O8/c1-28(27-47-36(44)40-20-9-10-21-40)12-11-13-29(2)35-30(3)16-17-33(38(4,46)19-18-32(42)26-34(43)49-35)48-37(45)41-24-22-39(23-25-41)31-14-7-5-6-8-15-31/h9-13,16-17,28,30-33,35,42,46H,5-8,14-15,18-27H2,1-4H3/b12-11+,17-16+,29-13+/t28?,30-,32-,33-,35+,38-/m0/s1. The largest absolute Gasteiger partial charge is 0.457 e. The fourth-order valence-corrected chi connectivity index (χ4v) is 7.00. The van der Waals surface area contributed by atoms with Crippen LogP contribution in [-0.2, 0) is 19.0 Å². The quantitative estimate of drug-likeness (QED) is 0.119. The van der Waals surface area contributed by atoms with Gasteiger partial charge in [-0.3, -0.25) is 9.69 Å². The number of aliphatic hydroxyl groups excluding tert-OH is 1. The van der Waals surface area contributed by atoms with E-state index in [0.717, 1.165) is 18.7 Å². The number of aliphatic hydroxyl groups is 2. The summed E-state index contributed by atoms with van der Waals surface area (Å²) >= 11 is 0. The van der Waals surface area contributed by atoms with Gasteiger partial charge in [0.15, 0.2) is 6.10 Å². The minimum absolute atomic E-state index is 0.0349. The monoisotopic (exact) mass is 685 g/mol. The van der Waals surface area contributed by atoms with Crippen LogP contribution in [0, 0.1) is 11.8 Å². The number of piperazine rings is 1. The predicted molar refractivity (Wildman–Crippen MR) is 188 cm³/mol. The zero-order chi connectivity index (χ0) is 35.4. The summed E-state index contributed by atoms with van der Waals surface area (Å²) in [4.78, 5) is 44.3. The van der Waals surface area contributed by atoms with Gasteiger partial charge in [-0.05, 0) is 51.2 Å². The number of carbonyl (C=O) groups is 3. The fourth-order valence-electron chi connectivity index (χ4n) is 7.00. The first kappa shape index (κ1) is 38.6. The van der Waals surface area contributed by atoms with Crippen molar-refractivity contribution in [3.05, 3.63) is 48.1 Å². The topological polar surface area (TPSA) is 129 Å². The van der Waals surface area contributed by atoms with E-state index in [4.69, 9.17) is 14.2 Å². The second-order valence-electron chi connectivity index (χ2n) is 14.6. The number of rotatable bonds is 7. The van der Waals surface area contributed by atoms with Gasteiger partial charge in [-0.2, -0.15) is 0 Å². The van der Waals surface area contributed by atoms with Crippen molar-refractivity contribution in [2.24, 2.45) is 11.8 Å². The van der Waals surface area contributed by atoms with Crippen LogP contribution in [0.4, 0.5) is 9.59 Å². The van der Waals surface area contributed by atoms with Crippen molar-refractivity contribution < 1.29 is 38.8 Å². The Kier molecular flexibility index (Phi) is 14.8. The van der Waals surface area contributed by atoms with E-state index in [9.17, 15) is 24.6 Å². The number of hydrogen-bond acceptors (Lipinski definition) is 9. The number of nitrogens with zero attached hydrogens (tertiary/aromatic N) is 3. The number of esters is 1. The van der Waals surface area contributed by atoms with Crippen LogP contribution in [0.5, 0.6) is 0 Å². The average molecular weight is 686 g/mol. The van der Waals surface area contributed by atoms with Crippen molar-refractivity contribution in [3.63, 3.8) is 0 Å². The number of ether oxygens (including phenoxy) is 3. The highest BCUT2D eigenvalue weighted by Gasteiger charge is 2.37. The highest BCUT2D eigenvalue weighted by molar-refractivity contribution is 5.70. The molecule has 0 aromatic carbocycles. The summed E-state index contributed by atoms with van der Waals surface area (Å²) in [6.07, 6.45) is 17.2. The maximum absolute atomic E-state index is 13.4. The summed E-state index contributed by atoms with van der Waals surface area (Å²) in [5, 5.41) is 22.2. The third kappa shape index (κ3) is 12.0. The molecule has 274 valence electrons. The molecule has 0 aromatic rings. The van der Waals surface area contributed by atoms with Crippen molar-refractivity contribution >= 4 is 18.2 Å². The molecule has 1 unspecified atom stereocenters. The summed E-state index contributed by atoms with van der Waals surface area (Å²) in [6, 6.07) is 0.587. The molecule has 6 atom stereocenters. The van der Waals surface area contributed by atoms with E-state index in [-0.39, 0.29) is 43.8 Å². The molecule has 11 nitrogen and oxygen atoms in total. The molecule has 1 saturated heterocycles. The Morgan fingerprint density at radius 1 is 1.02 bits per heavy atom. The van der Waals surface area contributed by atoms with Crippen LogP contribution >= 0.6 is 0 Å². The third-order valence-corrected chi connectivity index (χ3v) is 10.3. The predicted octanol–water partition coefficient (Wildman–Crippen LogP) is 5.38. The average Bonchev–Trinajstić information content (AvgIpc) is 3.49. The molecule has 1 saturated carbocycles. The molecule has 1 aliphatic carbocycles. The Bertz CT molecular complexity index is 1210. The van der Waals surface area contributed by atoms with Crippen molar-refractivity contribution in [1.29, 1.82) is 0 Å². The number of hydrogen-bond donors (Lipinski definition) is 2. The van der Waals surface area contributed by atoms with Crippen LogP contribution in [0.1, 0.15) is 85.5 Å². The summed E-state index contributed by atoms with van der Waals surface area (Å²) in [5.74, 6) is -0.901. The van der Waals surface area contributed by atoms with Crippen molar-refractivity contribution in [3.8, 4) is 0 Å². The van der Waals surface area contributed by atoms with Crippen LogP contribution in [-0.4, -0.2) is 119 Å². The molecule has 4 aliphatic rings. The van der Waals surface area contributed by atoms with Crippen molar-refractivity contribution in [2.75, 3.05) is 45.9 Å². The normalized spacial score (nSPS) is 31.4. The van der Waals surface area contributed by atoms with Gasteiger partial charge >= 0.3 is 18.2 Å². The molecular weight excluding hydrogens is 626 g/mol. The van der Waals surface area contributed by atoms with Crippen LogP contribution < -0.4 is 0 Å². The van der Waals surface area contributed by atoms with E-state index in [1.54, 1.807) is 22.8 Å². The molecule has 0 radical (unpaired) electrons. The number of amides is 2. The maximum atomic E-state index is 13.4. The van der Waals surface area contributed by atoms with E-state index in [2.05, 4.69) is 4.90 Å². The van der Waals surface area contributed by atoms with Gasteiger partial charge in [0.05, 0.1) is 19.1 Å². The lowest BCUT2D eigenvalue weighted by atomic mass is 9.89. The third-order valence-electron chi connectivity index (χ3n) is 10.3. The lowest BCUT2D eigenvalue weighted by molar-refractivity contribution is -0.151. The lowest BCUT2D eigenvalue weighted by Gasteiger charge is -2.40. The Morgan fingerprint density at radius 3 is 2.37 bits per heavy atom. The smallest absolute Gasteiger partial charge is 0.410 e. The number of cyclic esters (lactones) is 1. The van der Waals surface area contributed by atoms with Crippen LogP contribution in [0.2, 0.25) is 0 Å². The van der Waals surface area contributed by atoms with E-state index in [1.165, 1.54) is 38.5 Å². The van der Waals surface area contributed by atoms with Gasteiger partial charge < -0.3 is 34.2 Å². The summed E-state index contributed by atoms with van der Waals surface area (Å²) in [5.41, 5.74) is -0.695. The molecule has 11 heteroatoms. The molecule has 49 heavy (non-hydrogen) atoms. The second-order valence-corrected chi connectivity index (χ2v) is 14.6. The van der Waals surface area contributed by atoms with E-state index >= 15 is 0 Å². The SMILES string of the molecule is C/C(=C\C=C\C(C)COC(=O)N1CC=CC1)[C@H]1OC(=O)C[C@@H](O)CC[C@](C)(O)[C@@H](OC(=O)N2CCN(C3CCCCCC3)CC2)/C=C/[C@@H]1C. The molecule has 0 spiro atoms. The van der Waals surface area contributed by atoms with Gasteiger partial charge in [0, 0.05) is 57.1 Å². The Labute approximate surface area is 292 Å². The summed E-state index contributed by atoms with van der Waals surface area (Å²) < 4.78 is 17.3. The zero-order valence-electron chi connectivity index (χ0n) is 30.0. The highest BCUT2D eigenvalue weighted by Crippen LogP contribution is 2.28. The molecular formula is C38H59N3O8. The van der Waals surface area contributed by atoms with Crippen molar-refractivity contribution in [2.45, 2.75) is 115 Å². The zero-order valence-corrected chi connectivity index (χ0v) is 30.0. The molecule has 2 fully saturated rings. The molecule has 0 bridgehead atoms. The van der Waals surface area contributed by atoms with Gasteiger partial charge in [-0.1, -0.05) is 76.0 Å². The molecule has 2 amide bonds. The van der Waals surface area contributed by atoms with E-state index in [1.807, 2.05) is 57.2 Å². The van der Waals surface area contributed by atoms with Crippen molar-refractivity contribution in [1.82, 2.24) is 14.7 Å². The minimum atomic E-state index is -1.47. The second kappa shape index (κ2) is 18.7. The fraction of sp³-hybridized carbons (Fsp3) is 0.711. The molecule has 0 aromatic heterocycles. The lowest BCUT2D eigenvalue weighted by Crippen LogP contribution is -2.53. The van der Waals surface area contributed by atoms with Crippen LogP contribution in [0.25, 0.3) is 0 Å². The summed E-state index contributed by atoms with van der Waals surface area (Å²) in [6.45, 7) is 11.5. The first-order valence-corrected chi connectivity index (χ1v) is 18.3. The van der Waals surface area contributed by atoms with Gasteiger partial charge in [0.2, 0.25) is 0 Å². The summed E-state index contributed by atoms with van der Waals surface area (Å²) in [7, 11) is 0. The first-order chi connectivity index (χ1) is 23.4. The van der Waals surface area contributed by atoms with E-state index in [0.29, 0.717) is 32.2 Å². The first-order valence-electron chi connectivity index (χ1n) is 18.3. The van der Waals surface area contributed by atoms with Crippen LogP contribution in [0.3, 0.4) is 0 Å². The molecule has 3 heterocycles. The maximum Gasteiger partial charge on any atom is 0.410 e. The van der Waals surface area contributed by atoms with Crippen LogP contribution in [0.15, 0.2) is 48.1 Å². The van der Waals surface area contributed by atoms with Gasteiger partial charge in [-0.15, -0.1) is 0 Å². The van der Waals surface area contributed by atoms with Gasteiger partial charge in [0.25, 0.3) is 0 Å². The molecule has 4 rings (SSSR count). The molecule has 3 aliphatic heterocycles. The van der Waals surface area contributed by atoms with Gasteiger partial charge in [-0.25, -0.2) is 9.59 Å². The highest BCUT2D eigenvalue weighted by atomic mass is 16.6. The Balaban J connectivity index is 1.40.